The van der Waals surface area contributed by atoms with Crippen molar-refractivity contribution in [2.24, 2.45) is 10.9 Å². The summed E-state index contributed by atoms with van der Waals surface area (Å²) in [6.07, 6.45) is 3.21. The van der Waals surface area contributed by atoms with Crippen LogP contribution in [0.3, 0.4) is 0 Å². The molecule has 1 fully saturated rings. The molecule has 0 spiro atoms. The van der Waals surface area contributed by atoms with Crippen LogP contribution in [0.2, 0.25) is 0 Å². The maximum atomic E-state index is 13.0. The van der Waals surface area contributed by atoms with Crippen LogP contribution in [0.25, 0.3) is 0 Å². The summed E-state index contributed by atoms with van der Waals surface area (Å²) in [7, 11) is -3.90. The van der Waals surface area contributed by atoms with Crippen molar-refractivity contribution in [3.63, 3.8) is 0 Å². The predicted octanol–water partition coefficient (Wildman–Crippen LogP) is 2.93. The Morgan fingerprint density at radius 2 is 1.86 bits per heavy atom. The predicted molar refractivity (Wildman–Crippen MR) is 110 cm³/mol. The van der Waals surface area contributed by atoms with Crippen molar-refractivity contribution in [1.29, 1.82) is 0 Å². The third kappa shape index (κ3) is 3.67. The summed E-state index contributed by atoms with van der Waals surface area (Å²) in [6.45, 7) is 3.08. The first kappa shape index (κ1) is 19.3. The first-order chi connectivity index (χ1) is 13.9. The van der Waals surface area contributed by atoms with Gasteiger partial charge in [0, 0.05) is 24.9 Å². The minimum Gasteiger partial charge on any atom is -0.342 e. The molecule has 2 aromatic rings. The number of aliphatic imine (C=N–C) groups is 1. The summed E-state index contributed by atoms with van der Waals surface area (Å²) in [5.41, 5.74) is 1.77. The highest BCUT2D eigenvalue weighted by Gasteiger charge is 2.35. The molecule has 1 atom stereocenters. The maximum Gasteiger partial charge on any atom is 0.261 e. The largest absolute Gasteiger partial charge is 0.342 e. The quantitative estimate of drug-likeness (QED) is 0.783. The molecule has 0 bridgehead atoms. The van der Waals surface area contributed by atoms with Crippen molar-refractivity contribution in [3.05, 3.63) is 53.6 Å². The summed E-state index contributed by atoms with van der Waals surface area (Å²) < 4.78 is 28.2. The molecule has 4 rings (SSSR count). The zero-order valence-corrected chi connectivity index (χ0v) is 16.8. The Morgan fingerprint density at radius 1 is 1.14 bits per heavy atom. The molecule has 150 valence electrons. The van der Waals surface area contributed by atoms with Crippen molar-refractivity contribution >= 4 is 39.3 Å². The highest BCUT2D eigenvalue weighted by Crippen LogP contribution is 2.31. The van der Waals surface area contributed by atoms with Gasteiger partial charge in [-0.05, 0) is 49.6 Å². The fourth-order valence-corrected chi connectivity index (χ4v) is 4.74. The minimum atomic E-state index is -3.90. The lowest BCUT2D eigenvalue weighted by molar-refractivity contribution is -0.130. The third-order valence-corrected chi connectivity index (χ3v) is 6.63. The zero-order valence-electron chi connectivity index (χ0n) is 16.0. The SMILES string of the molecule is Cc1ccccc1NS(=O)(=O)c1ccc2c(c1)C(=O)C(C(=O)N1CCCC1)C=N2. The Kier molecular flexibility index (Phi) is 4.96. The molecule has 2 aliphatic rings. The number of Topliss-reactive ketones (excluding diaryl/α,β-unsaturated/α-hetero) is 1. The van der Waals surface area contributed by atoms with Crippen molar-refractivity contribution in [1.82, 2.24) is 4.90 Å². The number of amides is 1. The second kappa shape index (κ2) is 7.44. The molecule has 1 unspecified atom stereocenters. The number of fused-ring (bicyclic) bond motifs is 1. The number of para-hydroxylation sites is 1. The van der Waals surface area contributed by atoms with E-state index in [9.17, 15) is 18.0 Å². The molecule has 2 aliphatic heterocycles. The van der Waals surface area contributed by atoms with Crippen LogP contribution >= 0.6 is 0 Å². The number of rotatable bonds is 4. The third-order valence-electron chi connectivity index (χ3n) is 5.26. The first-order valence-corrected chi connectivity index (χ1v) is 10.9. The molecule has 0 radical (unpaired) electrons. The van der Waals surface area contributed by atoms with Gasteiger partial charge in [0.2, 0.25) is 5.91 Å². The molecule has 2 heterocycles. The van der Waals surface area contributed by atoms with Crippen LogP contribution in [-0.2, 0) is 14.8 Å². The molecule has 0 aromatic heterocycles. The summed E-state index contributed by atoms with van der Waals surface area (Å²) >= 11 is 0. The van der Waals surface area contributed by atoms with E-state index >= 15 is 0 Å². The van der Waals surface area contributed by atoms with Gasteiger partial charge < -0.3 is 4.90 Å². The molecule has 29 heavy (non-hydrogen) atoms. The van der Waals surface area contributed by atoms with Gasteiger partial charge in [-0.1, -0.05) is 18.2 Å². The van der Waals surface area contributed by atoms with Crippen LogP contribution in [-0.4, -0.2) is 44.3 Å². The number of hydrogen-bond acceptors (Lipinski definition) is 5. The smallest absolute Gasteiger partial charge is 0.261 e. The second-order valence-electron chi connectivity index (χ2n) is 7.25. The number of anilines is 1. The normalized spacial score (nSPS) is 18.6. The lowest BCUT2D eigenvalue weighted by atomic mass is 9.93. The lowest BCUT2D eigenvalue weighted by Gasteiger charge is -2.22. The summed E-state index contributed by atoms with van der Waals surface area (Å²) in [5.74, 6) is -1.68. The van der Waals surface area contributed by atoms with E-state index in [1.165, 1.54) is 24.4 Å². The van der Waals surface area contributed by atoms with E-state index in [-0.39, 0.29) is 16.4 Å². The molecular weight excluding hydrogens is 390 g/mol. The summed E-state index contributed by atoms with van der Waals surface area (Å²) in [5, 5.41) is 0. The number of nitrogens with zero attached hydrogens (tertiary/aromatic N) is 2. The van der Waals surface area contributed by atoms with Crippen LogP contribution in [0.4, 0.5) is 11.4 Å². The highest BCUT2D eigenvalue weighted by molar-refractivity contribution is 7.92. The number of nitrogens with one attached hydrogen (secondary N) is 1. The van der Waals surface area contributed by atoms with Gasteiger partial charge in [-0.25, -0.2) is 8.42 Å². The summed E-state index contributed by atoms with van der Waals surface area (Å²) in [6, 6.07) is 11.2. The van der Waals surface area contributed by atoms with Crippen molar-refractivity contribution in [2.75, 3.05) is 17.8 Å². The molecule has 0 aliphatic carbocycles. The van der Waals surface area contributed by atoms with E-state index in [4.69, 9.17) is 0 Å². The molecule has 1 saturated heterocycles. The van der Waals surface area contributed by atoms with Crippen molar-refractivity contribution < 1.29 is 18.0 Å². The number of ketones is 1. The Hall–Kier alpha value is -3.00. The standard InChI is InChI=1S/C21H21N3O4S/c1-14-6-2-3-7-18(14)23-29(27,28)15-8-9-19-16(12-15)20(25)17(13-22-19)21(26)24-10-4-5-11-24/h2-3,6-9,12-13,17,23H,4-5,10-11H2,1H3. The monoisotopic (exact) mass is 411 g/mol. The van der Waals surface area contributed by atoms with Gasteiger partial charge in [-0.2, -0.15) is 0 Å². The van der Waals surface area contributed by atoms with Crippen molar-refractivity contribution in [2.45, 2.75) is 24.7 Å². The minimum absolute atomic E-state index is 0.0441. The molecule has 1 N–H and O–H groups in total. The van der Waals surface area contributed by atoms with Crippen LogP contribution in [0.1, 0.15) is 28.8 Å². The Bertz CT molecular complexity index is 1120. The molecule has 2 aromatic carbocycles. The Balaban J connectivity index is 1.63. The lowest BCUT2D eigenvalue weighted by Crippen LogP contribution is -2.39. The first-order valence-electron chi connectivity index (χ1n) is 9.46. The Morgan fingerprint density at radius 3 is 2.59 bits per heavy atom. The molecule has 0 saturated carbocycles. The zero-order chi connectivity index (χ0) is 20.6. The van der Waals surface area contributed by atoms with E-state index < -0.39 is 21.7 Å². The number of hydrogen-bond donors (Lipinski definition) is 1. The number of sulfonamides is 1. The molecular formula is C21H21N3O4S. The van der Waals surface area contributed by atoms with Gasteiger partial charge in [0.05, 0.1) is 16.3 Å². The van der Waals surface area contributed by atoms with Gasteiger partial charge in [-0.3, -0.25) is 19.3 Å². The maximum absolute atomic E-state index is 13.0. The highest BCUT2D eigenvalue weighted by atomic mass is 32.2. The van der Waals surface area contributed by atoms with Gasteiger partial charge >= 0.3 is 0 Å². The number of aryl methyl sites for hydroxylation is 1. The second-order valence-corrected chi connectivity index (χ2v) is 8.93. The van der Waals surface area contributed by atoms with E-state index in [1.807, 2.05) is 6.07 Å². The number of carbonyl (C=O) groups is 2. The average Bonchev–Trinajstić information content (AvgIpc) is 3.24. The fraction of sp³-hybridized carbons (Fsp3) is 0.286. The molecule has 7 nitrogen and oxygen atoms in total. The number of likely N-dealkylation sites (tertiary alicyclic amines) is 1. The van der Waals surface area contributed by atoms with Crippen LogP contribution in [0.15, 0.2) is 52.4 Å². The van der Waals surface area contributed by atoms with Crippen molar-refractivity contribution in [3.8, 4) is 0 Å². The fourth-order valence-electron chi connectivity index (χ4n) is 3.58. The van der Waals surface area contributed by atoms with Gasteiger partial charge in [0.25, 0.3) is 10.0 Å². The summed E-state index contributed by atoms with van der Waals surface area (Å²) in [4.78, 5) is 31.5. The van der Waals surface area contributed by atoms with E-state index in [2.05, 4.69) is 9.71 Å². The molecule has 1 amide bonds. The van der Waals surface area contributed by atoms with E-state index in [0.29, 0.717) is 24.5 Å². The van der Waals surface area contributed by atoms with Gasteiger partial charge in [-0.15, -0.1) is 0 Å². The van der Waals surface area contributed by atoms with E-state index in [1.54, 1.807) is 30.0 Å². The van der Waals surface area contributed by atoms with E-state index in [0.717, 1.165) is 18.4 Å². The van der Waals surface area contributed by atoms with Crippen LogP contribution in [0, 0.1) is 12.8 Å². The van der Waals surface area contributed by atoms with Crippen LogP contribution < -0.4 is 4.72 Å². The van der Waals surface area contributed by atoms with Gasteiger partial charge in [0.15, 0.2) is 5.78 Å². The van der Waals surface area contributed by atoms with Gasteiger partial charge in [0.1, 0.15) is 5.92 Å². The molecule has 8 heteroatoms. The average molecular weight is 411 g/mol. The number of benzene rings is 2. The topological polar surface area (TPSA) is 95.9 Å². The number of carbonyl (C=O) groups excluding carboxylic acids is 2. The van der Waals surface area contributed by atoms with Crippen LogP contribution in [0.5, 0.6) is 0 Å². The Labute approximate surface area is 169 Å².